The van der Waals surface area contributed by atoms with E-state index < -0.39 is 18.1 Å². The topological polar surface area (TPSA) is 145 Å². The molecule has 0 aliphatic heterocycles. The standard InChI is InChI=1S/C27H30ClN5O6/c1-4-33(5-2)12-13-37-24-16-21(28)17(3)14-22(24)32-27(36)31-18-6-8-19(9-7-18)38-20-10-11-30-23(15-20)25(34)39-26(29)35/h6-11,14-16H,4-5,12-13H2,1-3H3,(H2,29,35)(H2,31,32,36). The van der Waals surface area contributed by atoms with Gasteiger partial charge in [-0.3, -0.25) is 0 Å². The maximum atomic E-state index is 12.7. The van der Waals surface area contributed by atoms with Gasteiger partial charge in [-0.15, -0.1) is 0 Å². The Morgan fingerprint density at radius 1 is 1.00 bits per heavy atom. The summed E-state index contributed by atoms with van der Waals surface area (Å²) in [4.78, 5) is 41.4. The number of primary amides is 1. The molecule has 0 aliphatic rings. The number of nitrogens with zero attached hydrogens (tertiary/aromatic N) is 2. The molecule has 0 atom stereocenters. The summed E-state index contributed by atoms with van der Waals surface area (Å²) in [6, 6.07) is 12.4. The number of ether oxygens (including phenoxy) is 3. The van der Waals surface area contributed by atoms with E-state index in [1.807, 2.05) is 6.92 Å². The van der Waals surface area contributed by atoms with E-state index in [0.29, 0.717) is 34.5 Å². The van der Waals surface area contributed by atoms with Gasteiger partial charge in [0.2, 0.25) is 0 Å². The minimum atomic E-state index is -1.23. The number of esters is 1. The van der Waals surface area contributed by atoms with E-state index in [9.17, 15) is 14.4 Å². The van der Waals surface area contributed by atoms with E-state index >= 15 is 0 Å². The van der Waals surface area contributed by atoms with Gasteiger partial charge >= 0.3 is 18.1 Å². The number of anilines is 2. The summed E-state index contributed by atoms with van der Waals surface area (Å²) in [5.41, 5.74) is 6.52. The van der Waals surface area contributed by atoms with Crippen LogP contribution in [0.1, 0.15) is 29.9 Å². The molecule has 3 aromatic rings. The van der Waals surface area contributed by atoms with Gasteiger partial charge in [-0.2, -0.15) is 0 Å². The maximum Gasteiger partial charge on any atom is 0.412 e. The second-order valence-electron chi connectivity index (χ2n) is 8.26. The van der Waals surface area contributed by atoms with Crippen LogP contribution in [-0.2, 0) is 4.74 Å². The van der Waals surface area contributed by atoms with Crippen molar-refractivity contribution in [3.05, 3.63) is 71.0 Å². The molecule has 0 fully saturated rings. The van der Waals surface area contributed by atoms with Crippen LogP contribution < -0.4 is 25.8 Å². The molecule has 0 spiro atoms. The molecule has 0 saturated carbocycles. The number of hydrogen-bond donors (Lipinski definition) is 3. The lowest BCUT2D eigenvalue weighted by Crippen LogP contribution is -2.28. The highest BCUT2D eigenvalue weighted by atomic mass is 35.5. The van der Waals surface area contributed by atoms with Crippen molar-refractivity contribution in [2.45, 2.75) is 20.8 Å². The largest absolute Gasteiger partial charge is 0.490 e. The molecule has 2 aromatic carbocycles. The van der Waals surface area contributed by atoms with Crippen LogP contribution in [0.15, 0.2) is 54.7 Å². The van der Waals surface area contributed by atoms with E-state index in [1.165, 1.54) is 18.3 Å². The first-order valence-electron chi connectivity index (χ1n) is 12.2. The van der Waals surface area contributed by atoms with Gasteiger partial charge in [0.15, 0.2) is 5.69 Å². The smallest absolute Gasteiger partial charge is 0.412 e. The lowest BCUT2D eigenvalue weighted by atomic mass is 10.2. The van der Waals surface area contributed by atoms with E-state index in [4.69, 9.17) is 26.8 Å². The SMILES string of the molecule is CCN(CC)CCOc1cc(Cl)c(C)cc1NC(=O)Nc1ccc(Oc2ccnc(C(=O)OC(N)=O)c2)cc1. The van der Waals surface area contributed by atoms with Gasteiger partial charge in [-0.1, -0.05) is 25.4 Å². The number of hydrogen-bond acceptors (Lipinski definition) is 8. The van der Waals surface area contributed by atoms with Crippen LogP contribution in [0.25, 0.3) is 0 Å². The number of urea groups is 1. The Morgan fingerprint density at radius 3 is 2.38 bits per heavy atom. The van der Waals surface area contributed by atoms with Gasteiger partial charge in [-0.25, -0.2) is 19.4 Å². The van der Waals surface area contributed by atoms with Gasteiger partial charge in [0.1, 0.15) is 23.9 Å². The molecule has 0 saturated heterocycles. The fraction of sp³-hybridized carbons (Fsp3) is 0.259. The van der Waals surface area contributed by atoms with Gasteiger partial charge in [0, 0.05) is 35.6 Å². The number of carbonyl (C=O) groups excluding carboxylic acids is 3. The Labute approximate surface area is 231 Å². The summed E-state index contributed by atoms with van der Waals surface area (Å²) < 4.78 is 16.0. The lowest BCUT2D eigenvalue weighted by Gasteiger charge is -2.19. The number of carbonyl (C=O) groups is 3. The van der Waals surface area contributed by atoms with Crippen LogP contribution in [0.4, 0.5) is 21.0 Å². The molecule has 1 heterocycles. The molecule has 4 N–H and O–H groups in total. The molecule has 0 unspecified atom stereocenters. The number of likely N-dealkylation sites (N-methyl/N-ethyl adjacent to an activating group) is 1. The van der Waals surface area contributed by atoms with Crippen molar-refractivity contribution in [1.82, 2.24) is 9.88 Å². The summed E-state index contributed by atoms with van der Waals surface area (Å²) in [6.07, 6.45) is 0.0956. The van der Waals surface area contributed by atoms with Crippen LogP contribution in [-0.4, -0.2) is 54.2 Å². The molecule has 1 aromatic heterocycles. The van der Waals surface area contributed by atoms with Crippen molar-refractivity contribution in [2.24, 2.45) is 5.73 Å². The Bertz CT molecular complexity index is 1310. The molecule has 3 rings (SSSR count). The summed E-state index contributed by atoms with van der Waals surface area (Å²) in [5.74, 6) is 0.199. The average Bonchev–Trinajstić information content (AvgIpc) is 2.90. The molecule has 39 heavy (non-hydrogen) atoms. The van der Waals surface area contributed by atoms with Crippen molar-refractivity contribution < 1.29 is 28.6 Å². The van der Waals surface area contributed by atoms with Gasteiger partial charge in [-0.05, 0) is 62.0 Å². The lowest BCUT2D eigenvalue weighted by molar-refractivity contribution is 0.0631. The van der Waals surface area contributed by atoms with Crippen molar-refractivity contribution in [3.8, 4) is 17.2 Å². The highest BCUT2D eigenvalue weighted by molar-refractivity contribution is 6.31. The second-order valence-corrected chi connectivity index (χ2v) is 8.67. The zero-order chi connectivity index (χ0) is 28.4. The van der Waals surface area contributed by atoms with Gasteiger partial charge in [0.05, 0.1) is 5.69 Å². The molecule has 206 valence electrons. The minimum absolute atomic E-state index is 0.143. The molecule has 0 bridgehead atoms. The van der Waals surface area contributed by atoms with Gasteiger partial charge in [0.25, 0.3) is 0 Å². The Kier molecular flexibility index (Phi) is 10.5. The molecule has 3 amide bonds. The van der Waals surface area contributed by atoms with Crippen molar-refractivity contribution >= 4 is 41.1 Å². The molecular weight excluding hydrogens is 526 g/mol. The number of nitrogens with two attached hydrogens (primary N) is 1. The fourth-order valence-electron chi connectivity index (χ4n) is 3.46. The number of aryl methyl sites for hydroxylation is 1. The molecule has 12 heteroatoms. The quantitative estimate of drug-likeness (QED) is 0.209. The molecule has 11 nitrogen and oxygen atoms in total. The summed E-state index contributed by atoms with van der Waals surface area (Å²) in [5, 5.41) is 6.12. The van der Waals surface area contributed by atoms with Crippen LogP contribution in [0, 0.1) is 6.92 Å². The predicted molar refractivity (Wildman–Crippen MR) is 148 cm³/mol. The number of nitrogens with one attached hydrogen (secondary N) is 2. The average molecular weight is 556 g/mol. The van der Waals surface area contributed by atoms with Crippen molar-refractivity contribution in [2.75, 3.05) is 36.9 Å². The Balaban J connectivity index is 1.61. The van der Waals surface area contributed by atoms with Crippen LogP contribution >= 0.6 is 11.6 Å². The first kappa shape index (κ1) is 29.2. The molecule has 0 radical (unpaired) electrons. The predicted octanol–water partition coefficient (Wildman–Crippen LogP) is 5.44. The minimum Gasteiger partial charge on any atom is -0.490 e. The zero-order valence-corrected chi connectivity index (χ0v) is 22.6. The number of benzene rings is 2. The number of aromatic nitrogens is 1. The van der Waals surface area contributed by atoms with Crippen LogP contribution in [0.5, 0.6) is 17.2 Å². The second kappa shape index (κ2) is 14.0. The zero-order valence-electron chi connectivity index (χ0n) is 21.8. The number of rotatable bonds is 11. The Morgan fingerprint density at radius 2 is 1.72 bits per heavy atom. The first-order chi connectivity index (χ1) is 18.7. The summed E-state index contributed by atoms with van der Waals surface area (Å²) >= 11 is 6.29. The van der Waals surface area contributed by atoms with Crippen LogP contribution in [0.3, 0.4) is 0 Å². The monoisotopic (exact) mass is 555 g/mol. The van der Waals surface area contributed by atoms with E-state index in [1.54, 1.807) is 36.4 Å². The van der Waals surface area contributed by atoms with E-state index in [-0.39, 0.29) is 11.4 Å². The van der Waals surface area contributed by atoms with E-state index in [2.05, 4.69) is 39.1 Å². The highest BCUT2D eigenvalue weighted by Gasteiger charge is 2.14. The number of amides is 3. The normalized spacial score (nSPS) is 10.6. The highest BCUT2D eigenvalue weighted by Crippen LogP contribution is 2.31. The molecular formula is C27H30ClN5O6. The summed E-state index contributed by atoms with van der Waals surface area (Å²) in [7, 11) is 0. The molecule has 0 aliphatic carbocycles. The third kappa shape index (κ3) is 8.87. The third-order valence-electron chi connectivity index (χ3n) is 5.55. The first-order valence-corrected chi connectivity index (χ1v) is 12.5. The number of halogens is 1. The summed E-state index contributed by atoms with van der Waals surface area (Å²) in [6.45, 7) is 9.05. The van der Waals surface area contributed by atoms with Crippen LogP contribution in [0.2, 0.25) is 5.02 Å². The van der Waals surface area contributed by atoms with Crippen molar-refractivity contribution in [1.29, 1.82) is 0 Å². The van der Waals surface area contributed by atoms with Gasteiger partial charge < -0.3 is 35.5 Å². The van der Waals surface area contributed by atoms with Crippen molar-refractivity contribution in [3.63, 3.8) is 0 Å². The third-order valence-corrected chi connectivity index (χ3v) is 5.96. The number of pyridine rings is 1. The van der Waals surface area contributed by atoms with E-state index in [0.717, 1.165) is 25.2 Å². The maximum absolute atomic E-state index is 12.7. The Hall–Kier alpha value is -4.35. The fourth-order valence-corrected chi connectivity index (χ4v) is 3.62.